The van der Waals surface area contributed by atoms with Crippen molar-refractivity contribution in [1.29, 1.82) is 5.26 Å². The molecule has 21 heteroatoms. The summed E-state index contributed by atoms with van der Waals surface area (Å²) in [5.74, 6) is -3.27. The fourth-order valence-corrected chi connectivity index (χ4v) is 7.36. The van der Waals surface area contributed by atoms with Crippen molar-refractivity contribution in [3.8, 4) is 39.8 Å². The van der Waals surface area contributed by atoms with Gasteiger partial charge in [-0.05, 0) is 104 Å². The van der Waals surface area contributed by atoms with Gasteiger partial charge >= 0.3 is 17.9 Å². The van der Waals surface area contributed by atoms with Crippen molar-refractivity contribution in [3.05, 3.63) is 269 Å². The first kappa shape index (κ1) is 68.5. The molecule has 0 radical (unpaired) electrons. The maximum Gasteiger partial charge on any atom is 0.354 e. The second-order valence-corrected chi connectivity index (χ2v) is 17.4. The zero-order valence-electron chi connectivity index (χ0n) is 44.8. The summed E-state index contributed by atoms with van der Waals surface area (Å²) in [4.78, 5) is 68.6. The van der Waals surface area contributed by atoms with Crippen LogP contribution in [0.15, 0.2) is 201 Å². The van der Waals surface area contributed by atoms with Crippen LogP contribution in [0.4, 0.5) is 4.39 Å². The van der Waals surface area contributed by atoms with E-state index in [-0.39, 0.29) is 86.1 Å². The Hall–Kier alpha value is -9.03. The molecule has 0 unspecified atom stereocenters. The van der Waals surface area contributed by atoms with Gasteiger partial charge in [-0.2, -0.15) is 0 Å². The number of aromatic nitrogens is 9. The molecule has 12 aromatic rings. The van der Waals surface area contributed by atoms with Crippen molar-refractivity contribution in [1.82, 2.24) is 44.9 Å². The Balaban J connectivity index is 0.000000224. The molecule has 0 amide bonds. The molecule has 3 N–H and O–H groups in total. The number of nitriles is 1. The molecule has 0 saturated heterocycles. The number of carboxylic acid groups (broad SMARTS) is 3. The number of nitrogens with zero attached hydrogens (tertiary/aromatic N) is 10. The smallest absolute Gasteiger partial charge is 0.354 e. The Labute approximate surface area is 535 Å². The summed E-state index contributed by atoms with van der Waals surface area (Å²) in [7, 11) is 0. The average molecular weight is 1690 g/mol. The molecule has 0 fully saturated rings. The number of carboxylic acids is 3. The Morgan fingerprint density at radius 2 is 0.729 bits per heavy atom. The number of benzene rings is 6. The topological polar surface area (TPSA) is 252 Å². The largest absolute Gasteiger partial charge is 0.477 e. The van der Waals surface area contributed by atoms with Crippen molar-refractivity contribution in [2.24, 2.45) is 0 Å². The molecule has 6 heterocycles. The van der Waals surface area contributed by atoms with Crippen LogP contribution in [-0.2, 0) is 63.2 Å². The molecule has 6 aromatic carbocycles. The molecule has 0 atom stereocenters. The Morgan fingerprint density at radius 1 is 0.424 bits per heavy atom. The Kier molecular flexibility index (Phi) is 27.8. The molecular formula is C64H45ClFN10O6Pt3-3. The molecule has 16 nitrogen and oxygen atoms in total. The van der Waals surface area contributed by atoms with E-state index in [9.17, 15) is 18.8 Å². The van der Waals surface area contributed by atoms with Crippen molar-refractivity contribution in [2.45, 2.75) is 20.8 Å². The third kappa shape index (κ3) is 20.4. The van der Waals surface area contributed by atoms with E-state index in [1.807, 2.05) is 112 Å². The third-order valence-electron chi connectivity index (χ3n) is 11.1. The van der Waals surface area contributed by atoms with E-state index >= 15 is 0 Å². The maximum absolute atomic E-state index is 12.9. The number of aryl methyl sites for hydroxylation is 3. The number of pyridine rings is 3. The number of halogens is 2. The maximum atomic E-state index is 12.9. The second kappa shape index (κ2) is 34.5. The van der Waals surface area contributed by atoms with Crippen LogP contribution in [0.5, 0.6) is 0 Å². The normalized spacial score (nSPS) is 9.69. The van der Waals surface area contributed by atoms with Crippen LogP contribution < -0.4 is 0 Å². The average Bonchev–Trinajstić information content (AvgIpc) is 3.53. The SMILES string of the molecule is Cc1nc2ccccc2nc1-c1[c-]cc(C#N)cc1.Cc1nc2ccccc2nc1-c1[c-]cc(Cl)cc1.Cc1nc2ccccc2nc1-c1[c-]cc(F)cc1.O=C(O)c1ccccn1.O=C(O)c1ccccn1.O=C(O)c1ccccn1.[Pt].[Pt].[Pt]. The molecule has 0 aliphatic carbocycles. The van der Waals surface area contributed by atoms with Crippen LogP contribution in [0, 0.1) is 56.1 Å². The first-order chi connectivity index (χ1) is 39.7. The first-order valence-electron chi connectivity index (χ1n) is 24.6. The van der Waals surface area contributed by atoms with E-state index in [0.29, 0.717) is 10.6 Å². The van der Waals surface area contributed by atoms with E-state index in [4.69, 9.17) is 32.2 Å². The van der Waals surface area contributed by atoms with Gasteiger partial charge in [0.15, 0.2) is 0 Å². The number of carbonyl (C=O) groups is 3. The quantitative estimate of drug-likeness (QED) is 0.131. The molecule has 0 aliphatic heterocycles. The molecule has 434 valence electrons. The predicted octanol–water partition coefficient (Wildman–Crippen LogP) is 13.2. The Morgan fingerprint density at radius 3 is 0.976 bits per heavy atom. The van der Waals surface area contributed by atoms with Crippen molar-refractivity contribution in [3.63, 3.8) is 0 Å². The molecule has 0 saturated carbocycles. The van der Waals surface area contributed by atoms with Crippen LogP contribution in [0.2, 0.25) is 5.02 Å². The Bertz CT molecular complexity index is 3920. The molecule has 12 rings (SSSR count). The first-order valence-corrected chi connectivity index (χ1v) is 25.0. The molecule has 85 heavy (non-hydrogen) atoms. The van der Waals surface area contributed by atoms with Crippen molar-refractivity contribution >= 4 is 62.6 Å². The van der Waals surface area contributed by atoms with E-state index in [1.165, 1.54) is 48.9 Å². The zero-order chi connectivity index (χ0) is 58.4. The van der Waals surface area contributed by atoms with Gasteiger partial charge in [0.25, 0.3) is 0 Å². The molecule has 0 aliphatic rings. The van der Waals surface area contributed by atoms with Crippen LogP contribution >= 0.6 is 11.6 Å². The van der Waals surface area contributed by atoms with E-state index in [2.05, 4.69) is 69.1 Å². The van der Waals surface area contributed by atoms with E-state index < -0.39 is 17.9 Å². The van der Waals surface area contributed by atoms with Gasteiger partial charge in [-0.25, -0.2) is 34.6 Å². The van der Waals surface area contributed by atoms with Gasteiger partial charge in [-0.3, -0.25) is 34.3 Å². The number of fused-ring (bicyclic) bond motifs is 3. The monoisotopic (exact) mass is 1690 g/mol. The predicted molar refractivity (Wildman–Crippen MR) is 309 cm³/mol. The number of aromatic carboxylic acids is 3. The molecule has 0 bridgehead atoms. The number of para-hydroxylation sites is 6. The minimum Gasteiger partial charge on any atom is -0.477 e. The van der Waals surface area contributed by atoms with Crippen LogP contribution in [0.25, 0.3) is 66.9 Å². The summed E-state index contributed by atoms with van der Waals surface area (Å²) in [6, 6.07) is 63.9. The van der Waals surface area contributed by atoms with Gasteiger partial charge in [0.05, 0.1) is 33.1 Å². The second-order valence-electron chi connectivity index (χ2n) is 16.9. The summed E-state index contributed by atoms with van der Waals surface area (Å²) in [6.07, 6.45) is 4.34. The minimum atomic E-state index is -0.990. The summed E-state index contributed by atoms with van der Waals surface area (Å²) in [6.45, 7) is 5.78. The summed E-state index contributed by atoms with van der Waals surface area (Å²) < 4.78 is 12.9. The van der Waals surface area contributed by atoms with Gasteiger partial charge in [-0.15, -0.1) is 101 Å². The summed E-state index contributed by atoms with van der Waals surface area (Å²) >= 11 is 5.87. The third-order valence-corrected chi connectivity index (χ3v) is 11.4. The summed E-state index contributed by atoms with van der Waals surface area (Å²) in [5, 5.41) is 34.4. The van der Waals surface area contributed by atoms with Crippen molar-refractivity contribution < 1.29 is 97.3 Å². The zero-order valence-corrected chi connectivity index (χ0v) is 52.4. The van der Waals surface area contributed by atoms with Gasteiger partial charge in [0.2, 0.25) is 0 Å². The van der Waals surface area contributed by atoms with Gasteiger partial charge in [0.1, 0.15) is 17.1 Å². The molecular weight excluding hydrogens is 1640 g/mol. The fraction of sp³-hybridized carbons (Fsp3) is 0.0469. The van der Waals surface area contributed by atoms with Crippen LogP contribution in [0.1, 0.15) is 54.1 Å². The van der Waals surface area contributed by atoms with Crippen LogP contribution in [0.3, 0.4) is 0 Å². The van der Waals surface area contributed by atoms with Gasteiger partial charge in [0, 0.05) is 128 Å². The fourth-order valence-electron chi connectivity index (χ4n) is 7.25. The summed E-state index contributed by atoms with van der Waals surface area (Å²) in [5.41, 5.74) is 13.6. The van der Waals surface area contributed by atoms with E-state index in [0.717, 1.165) is 84.0 Å². The van der Waals surface area contributed by atoms with Gasteiger partial charge < -0.3 is 15.3 Å². The van der Waals surface area contributed by atoms with Crippen LogP contribution in [-0.4, -0.2) is 78.1 Å². The van der Waals surface area contributed by atoms with Gasteiger partial charge in [-0.1, -0.05) is 54.6 Å². The number of hydrogen-bond donors (Lipinski definition) is 3. The number of rotatable bonds is 6. The minimum absolute atomic E-state index is 0. The standard InChI is InChI=1S/C16H10N3.C15H10ClN2.C15H10FN2.3C6H5NO2.3Pt/c1-11-16(13-8-6-12(10-17)7-9-13)19-15-5-3-2-4-14(15)18-11;2*1-10-15(11-6-8-12(16)9-7-11)18-14-5-3-2-4-13(14)17-10;3*8-6(9)5-3-1-2-4-7-5;;;/h2-8H,1H3;2*2-6,8-9H,1H3;3*1-4H,(H,8,9);;;/q3*-1;;;;;;. The van der Waals surface area contributed by atoms with E-state index in [1.54, 1.807) is 60.7 Å². The number of hydrogen-bond acceptors (Lipinski definition) is 13. The molecule has 6 aromatic heterocycles. The van der Waals surface area contributed by atoms with Crippen molar-refractivity contribution in [2.75, 3.05) is 0 Å². The molecule has 0 spiro atoms.